The first-order chi connectivity index (χ1) is 11.6. The third kappa shape index (κ3) is 3.97. The van der Waals surface area contributed by atoms with Crippen LogP contribution < -0.4 is 5.32 Å². The molecule has 1 N–H and O–H groups in total. The van der Waals surface area contributed by atoms with Crippen molar-refractivity contribution < 1.29 is 4.79 Å². The second kappa shape index (κ2) is 7.23. The topological polar surface area (TPSA) is 72.7 Å². The Bertz CT molecular complexity index is 844. The fraction of sp³-hybridized carbons (Fsp3) is 0.176. The number of benzene rings is 2. The second-order valence-corrected chi connectivity index (χ2v) is 5.69. The molecule has 0 fully saturated rings. The number of hydrogen-bond acceptors (Lipinski definition) is 4. The monoisotopic (exact) mass is 341 g/mol. The number of hydrogen-bond donors (Lipinski definition) is 1. The van der Waals surface area contributed by atoms with Gasteiger partial charge >= 0.3 is 0 Å². The van der Waals surface area contributed by atoms with Crippen LogP contribution in [0.4, 0.5) is 5.69 Å². The van der Waals surface area contributed by atoms with E-state index < -0.39 is 0 Å². The number of carbonyl (C=O) groups is 1. The van der Waals surface area contributed by atoms with E-state index in [1.807, 2.05) is 24.3 Å². The van der Waals surface area contributed by atoms with E-state index in [4.69, 9.17) is 11.6 Å². The molecular formula is C17H16ClN5O. The Morgan fingerprint density at radius 3 is 2.71 bits per heavy atom. The summed E-state index contributed by atoms with van der Waals surface area (Å²) < 4.78 is 0. The molecule has 0 aliphatic carbocycles. The molecule has 0 saturated carbocycles. The maximum absolute atomic E-state index is 12.0. The van der Waals surface area contributed by atoms with E-state index in [9.17, 15) is 4.79 Å². The summed E-state index contributed by atoms with van der Waals surface area (Å²) in [6.07, 6.45) is 0.976. The number of aromatic nitrogens is 4. The number of nitrogens with one attached hydrogen (secondary N) is 1. The highest BCUT2D eigenvalue weighted by atomic mass is 35.5. The van der Waals surface area contributed by atoms with Gasteiger partial charge < -0.3 is 5.32 Å². The summed E-state index contributed by atoms with van der Waals surface area (Å²) in [5.41, 5.74) is 2.74. The molecule has 3 rings (SSSR count). The van der Waals surface area contributed by atoms with Crippen LogP contribution in [0, 0.1) is 0 Å². The summed E-state index contributed by atoms with van der Waals surface area (Å²) in [6.45, 7) is 2.08. The first kappa shape index (κ1) is 16.1. The van der Waals surface area contributed by atoms with Crippen molar-refractivity contribution in [3.05, 3.63) is 59.1 Å². The van der Waals surface area contributed by atoms with Gasteiger partial charge in [0.1, 0.15) is 6.54 Å². The van der Waals surface area contributed by atoms with E-state index in [0.717, 1.165) is 12.0 Å². The molecule has 0 bridgehead atoms. The molecule has 0 radical (unpaired) electrons. The van der Waals surface area contributed by atoms with Gasteiger partial charge in [-0.1, -0.05) is 48.9 Å². The largest absolute Gasteiger partial charge is 0.324 e. The molecule has 6 nitrogen and oxygen atoms in total. The number of nitrogens with zero attached hydrogens (tertiary/aromatic N) is 4. The zero-order valence-electron chi connectivity index (χ0n) is 13.1. The Morgan fingerprint density at radius 1 is 1.21 bits per heavy atom. The van der Waals surface area contributed by atoms with Gasteiger partial charge in [-0.15, -0.1) is 10.2 Å². The van der Waals surface area contributed by atoms with Crippen LogP contribution in [0.25, 0.3) is 11.4 Å². The van der Waals surface area contributed by atoms with Crippen molar-refractivity contribution in [1.82, 2.24) is 20.2 Å². The number of carbonyl (C=O) groups excluding carboxylic acids is 1. The van der Waals surface area contributed by atoms with Crippen LogP contribution in [0.5, 0.6) is 0 Å². The summed E-state index contributed by atoms with van der Waals surface area (Å²) >= 11 is 5.89. The summed E-state index contributed by atoms with van der Waals surface area (Å²) in [6, 6.07) is 14.9. The molecule has 122 valence electrons. The molecule has 0 aliphatic rings. The number of rotatable bonds is 5. The highest BCUT2D eigenvalue weighted by molar-refractivity contribution is 6.30. The molecule has 0 saturated heterocycles. The number of amides is 1. The van der Waals surface area contributed by atoms with Crippen LogP contribution in [-0.2, 0) is 17.8 Å². The molecule has 1 heterocycles. The Hall–Kier alpha value is -2.73. The fourth-order valence-corrected chi connectivity index (χ4v) is 2.40. The molecular weight excluding hydrogens is 326 g/mol. The van der Waals surface area contributed by atoms with Gasteiger partial charge in [-0.25, -0.2) is 0 Å². The van der Waals surface area contributed by atoms with E-state index in [-0.39, 0.29) is 12.5 Å². The van der Waals surface area contributed by atoms with E-state index >= 15 is 0 Å². The minimum absolute atomic E-state index is 0.0213. The highest BCUT2D eigenvalue weighted by Crippen LogP contribution is 2.16. The maximum atomic E-state index is 12.0. The number of halogens is 1. The Balaban J connectivity index is 1.65. The van der Waals surface area contributed by atoms with Crippen LogP contribution >= 0.6 is 11.6 Å². The van der Waals surface area contributed by atoms with Crippen LogP contribution in [0.2, 0.25) is 5.02 Å². The van der Waals surface area contributed by atoms with Crippen molar-refractivity contribution in [2.24, 2.45) is 0 Å². The zero-order valence-corrected chi connectivity index (χ0v) is 13.9. The minimum Gasteiger partial charge on any atom is -0.324 e. The first-order valence-corrected chi connectivity index (χ1v) is 7.94. The number of anilines is 1. The average Bonchev–Trinajstić information content (AvgIpc) is 3.03. The molecule has 3 aromatic rings. The van der Waals surface area contributed by atoms with Crippen molar-refractivity contribution in [2.75, 3.05) is 5.32 Å². The third-order valence-electron chi connectivity index (χ3n) is 3.47. The molecule has 0 aliphatic heterocycles. The van der Waals surface area contributed by atoms with Crippen LogP contribution in [0.15, 0.2) is 48.5 Å². The van der Waals surface area contributed by atoms with Gasteiger partial charge in [0.2, 0.25) is 11.7 Å². The Labute approximate surface area is 144 Å². The van der Waals surface area contributed by atoms with Gasteiger partial charge in [-0.05, 0) is 35.4 Å². The lowest BCUT2D eigenvalue weighted by Gasteiger charge is -2.04. The summed E-state index contributed by atoms with van der Waals surface area (Å²) in [5.74, 6) is 0.246. The van der Waals surface area contributed by atoms with Gasteiger partial charge in [0, 0.05) is 16.3 Å². The maximum Gasteiger partial charge on any atom is 0.248 e. The van der Waals surface area contributed by atoms with E-state index in [0.29, 0.717) is 16.5 Å². The van der Waals surface area contributed by atoms with Crippen molar-refractivity contribution >= 4 is 23.2 Å². The SMILES string of the molecule is CCc1ccc(-c2nnn(CC(=O)Nc3cccc(Cl)c3)n2)cc1. The quantitative estimate of drug-likeness (QED) is 0.773. The van der Waals surface area contributed by atoms with E-state index in [1.54, 1.807) is 24.3 Å². The van der Waals surface area contributed by atoms with Crippen LogP contribution in [0.1, 0.15) is 12.5 Å². The molecule has 0 atom stereocenters. The molecule has 1 aromatic heterocycles. The van der Waals surface area contributed by atoms with Gasteiger partial charge in [0.25, 0.3) is 0 Å². The van der Waals surface area contributed by atoms with Crippen molar-refractivity contribution in [3.8, 4) is 11.4 Å². The lowest BCUT2D eigenvalue weighted by atomic mass is 10.1. The lowest BCUT2D eigenvalue weighted by molar-refractivity contribution is -0.117. The Kier molecular flexibility index (Phi) is 4.86. The van der Waals surface area contributed by atoms with Gasteiger partial charge in [0.15, 0.2) is 0 Å². The molecule has 7 heteroatoms. The van der Waals surface area contributed by atoms with Gasteiger partial charge in [0.05, 0.1) is 0 Å². The molecule has 24 heavy (non-hydrogen) atoms. The second-order valence-electron chi connectivity index (χ2n) is 5.25. The van der Waals surface area contributed by atoms with Crippen molar-refractivity contribution in [2.45, 2.75) is 19.9 Å². The summed E-state index contributed by atoms with van der Waals surface area (Å²) in [4.78, 5) is 13.3. The summed E-state index contributed by atoms with van der Waals surface area (Å²) in [7, 11) is 0. The van der Waals surface area contributed by atoms with Crippen molar-refractivity contribution in [1.29, 1.82) is 0 Å². The van der Waals surface area contributed by atoms with E-state index in [2.05, 4.69) is 27.7 Å². The van der Waals surface area contributed by atoms with Crippen LogP contribution in [0.3, 0.4) is 0 Å². The van der Waals surface area contributed by atoms with Crippen molar-refractivity contribution in [3.63, 3.8) is 0 Å². The third-order valence-corrected chi connectivity index (χ3v) is 3.70. The van der Waals surface area contributed by atoms with Gasteiger partial charge in [-0.3, -0.25) is 4.79 Å². The predicted molar refractivity (Wildman–Crippen MR) is 92.7 cm³/mol. The zero-order chi connectivity index (χ0) is 16.9. The molecule has 1 amide bonds. The smallest absolute Gasteiger partial charge is 0.248 e. The number of aryl methyl sites for hydroxylation is 1. The highest BCUT2D eigenvalue weighted by Gasteiger charge is 2.09. The fourth-order valence-electron chi connectivity index (χ4n) is 2.21. The van der Waals surface area contributed by atoms with Crippen LogP contribution in [-0.4, -0.2) is 26.1 Å². The normalized spacial score (nSPS) is 10.6. The van der Waals surface area contributed by atoms with E-state index in [1.165, 1.54) is 10.4 Å². The number of tetrazole rings is 1. The predicted octanol–water partition coefficient (Wildman–Crippen LogP) is 3.19. The minimum atomic E-state index is -0.248. The molecule has 0 unspecified atom stereocenters. The summed E-state index contributed by atoms with van der Waals surface area (Å²) in [5, 5.41) is 15.5. The first-order valence-electron chi connectivity index (χ1n) is 7.56. The standard InChI is InChI=1S/C17H16ClN5O/c1-2-12-6-8-13(9-7-12)17-20-22-23(21-17)11-16(24)19-15-5-3-4-14(18)10-15/h3-10H,2,11H2,1H3,(H,19,24). The lowest BCUT2D eigenvalue weighted by Crippen LogP contribution is -2.20. The molecule has 0 spiro atoms. The average molecular weight is 342 g/mol. The molecule has 2 aromatic carbocycles. The Morgan fingerprint density at radius 2 is 2.00 bits per heavy atom. The van der Waals surface area contributed by atoms with Gasteiger partial charge in [-0.2, -0.15) is 4.80 Å².